The summed E-state index contributed by atoms with van der Waals surface area (Å²) in [5, 5.41) is 0. The molecule has 17 heavy (non-hydrogen) atoms. The standard InChI is InChI=1S/C13H17FO2S/c1-13(2,3)17-8-11(15)9-5-6-12(16-4)10(14)7-9/h5-7H,8H2,1-4H3. The molecule has 0 bridgehead atoms. The van der Waals surface area contributed by atoms with Crippen LogP contribution in [0.15, 0.2) is 18.2 Å². The van der Waals surface area contributed by atoms with Gasteiger partial charge in [0.2, 0.25) is 0 Å². The molecular formula is C13H17FO2S. The van der Waals surface area contributed by atoms with Gasteiger partial charge in [-0.15, -0.1) is 11.8 Å². The van der Waals surface area contributed by atoms with Crippen LogP contribution in [0.1, 0.15) is 31.1 Å². The maximum absolute atomic E-state index is 13.4. The van der Waals surface area contributed by atoms with Gasteiger partial charge in [0.1, 0.15) is 0 Å². The molecule has 0 unspecified atom stereocenters. The molecule has 0 fully saturated rings. The van der Waals surface area contributed by atoms with Crippen LogP contribution in [0.25, 0.3) is 0 Å². The van der Waals surface area contributed by atoms with Gasteiger partial charge in [-0.05, 0) is 18.2 Å². The molecule has 94 valence electrons. The minimum atomic E-state index is -0.501. The van der Waals surface area contributed by atoms with E-state index in [0.29, 0.717) is 11.3 Å². The zero-order chi connectivity index (χ0) is 13.1. The van der Waals surface area contributed by atoms with E-state index in [1.54, 1.807) is 17.8 Å². The van der Waals surface area contributed by atoms with Crippen molar-refractivity contribution >= 4 is 17.5 Å². The van der Waals surface area contributed by atoms with Crippen molar-refractivity contribution in [1.82, 2.24) is 0 Å². The fourth-order valence-corrected chi connectivity index (χ4v) is 1.94. The van der Waals surface area contributed by atoms with Gasteiger partial charge in [-0.3, -0.25) is 4.79 Å². The fraction of sp³-hybridized carbons (Fsp3) is 0.462. The molecule has 0 saturated carbocycles. The Hall–Kier alpha value is -1.03. The maximum Gasteiger partial charge on any atom is 0.172 e. The molecule has 1 aromatic rings. The van der Waals surface area contributed by atoms with Crippen LogP contribution in [0.4, 0.5) is 4.39 Å². The minimum Gasteiger partial charge on any atom is -0.494 e. The van der Waals surface area contributed by atoms with Crippen LogP contribution in [0, 0.1) is 5.82 Å². The molecule has 0 saturated heterocycles. The Morgan fingerprint density at radius 1 is 1.41 bits per heavy atom. The summed E-state index contributed by atoms with van der Waals surface area (Å²) in [5.41, 5.74) is 0.389. The first-order valence-electron chi connectivity index (χ1n) is 5.34. The largest absolute Gasteiger partial charge is 0.494 e. The minimum absolute atomic E-state index is 0.0284. The molecule has 2 nitrogen and oxygen atoms in total. The molecule has 0 amide bonds. The summed E-state index contributed by atoms with van der Waals surface area (Å²) in [5.74, 6) is -0.0504. The van der Waals surface area contributed by atoms with E-state index in [0.717, 1.165) is 0 Å². The quantitative estimate of drug-likeness (QED) is 0.771. The van der Waals surface area contributed by atoms with Crippen LogP contribution in [0.2, 0.25) is 0 Å². The third-order valence-corrected chi connectivity index (χ3v) is 3.38. The third-order valence-electron chi connectivity index (χ3n) is 2.11. The summed E-state index contributed by atoms with van der Waals surface area (Å²) in [6.45, 7) is 6.12. The third kappa shape index (κ3) is 4.38. The fourth-order valence-electron chi connectivity index (χ4n) is 1.21. The Balaban J connectivity index is 2.73. The molecule has 0 aliphatic rings. The van der Waals surface area contributed by atoms with Gasteiger partial charge < -0.3 is 4.74 Å². The van der Waals surface area contributed by atoms with Crippen LogP contribution >= 0.6 is 11.8 Å². The van der Waals surface area contributed by atoms with Crippen molar-refractivity contribution in [3.05, 3.63) is 29.6 Å². The number of thioether (sulfide) groups is 1. The summed E-state index contributed by atoms with van der Waals surface area (Å²) >= 11 is 1.55. The highest BCUT2D eigenvalue weighted by Gasteiger charge is 2.15. The summed E-state index contributed by atoms with van der Waals surface area (Å²) in [6, 6.07) is 4.29. The second-order valence-electron chi connectivity index (χ2n) is 4.67. The topological polar surface area (TPSA) is 26.3 Å². The highest BCUT2D eigenvalue weighted by Crippen LogP contribution is 2.25. The van der Waals surface area contributed by atoms with E-state index in [4.69, 9.17) is 4.74 Å². The number of rotatable bonds is 4. The van der Waals surface area contributed by atoms with Gasteiger partial charge in [-0.2, -0.15) is 0 Å². The van der Waals surface area contributed by atoms with E-state index >= 15 is 0 Å². The predicted octanol–water partition coefficient (Wildman–Crippen LogP) is 3.55. The van der Waals surface area contributed by atoms with Crippen molar-refractivity contribution in [3.63, 3.8) is 0 Å². The van der Waals surface area contributed by atoms with Gasteiger partial charge in [0, 0.05) is 10.3 Å². The van der Waals surface area contributed by atoms with Crippen LogP contribution in [-0.4, -0.2) is 23.4 Å². The van der Waals surface area contributed by atoms with Crippen molar-refractivity contribution in [2.45, 2.75) is 25.5 Å². The molecule has 0 atom stereocenters. The van der Waals surface area contributed by atoms with Gasteiger partial charge in [-0.1, -0.05) is 20.8 Å². The van der Waals surface area contributed by atoms with Crippen molar-refractivity contribution in [1.29, 1.82) is 0 Å². The lowest BCUT2D eigenvalue weighted by molar-refractivity contribution is 0.102. The number of ketones is 1. The lowest BCUT2D eigenvalue weighted by Crippen LogP contribution is -2.13. The smallest absolute Gasteiger partial charge is 0.172 e. The molecule has 0 heterocycles. The highest BCUT2D eigenvalue weighted by atomic mass is 32.2. The van der Waals surface area contributed by atoms with Crippen molar-refractivity contribution in [3.8, 4) is 5.75 Å². The number of carbonyl (C=O) groups is 1. The number of benzene rings is 1. The Labute approximate surface area is 106 Å². The Bertz CT molecular complexity index is 410. The average Bonchev–Trinajstić information content (AvgIpc) is 2.24. The first-order chi connectivity index (χ1) is 7.83. The van der Waals surface area contributed by atoms with Crippen molar-refractivity contribution < 1.29 is 13.9 Å². The Morgan fingerprint density at radius 3 is 2.53 bits per heavy atom. The van der Waals surface area contributed by atoms with E-state index in [9.17, 15) is 9.18 Å². The Morgan fingerprint density at radius 2 is 2.06 bits per heavy atom. The van der Waals surface area contributed by atoms with Crippen LogP contribution in [0.3, 0.4) is 0 Å². The number of hydrogen-bond donors (Lipinski definition) is 0. The molecular weight excluding hydrogens is 239 g/mol. The van der Waals surface area contributed by atoms with Gasteiger partial charge in [0.25, 0.3) is 0 Å². The normalized spacial score (nSPS) is 11.4. The molecule has 0 aliphatic carbocycles. The van der Waals surface area contributed by atoms with Gasteiger partial charge in [-0.25, -0.2) is 4.39 Å². The van der Waals surface area contributed by atoms with Crippen LogP contribution in [-0.2, 0) is 0 Å². The number of methoxy groups -OCH3 is 1. The maximum atomic E-state index is 13.4. The second-order valence-corrected chi connectivity index (χ2v) is 6.48. The number of Topliss-reactive ketones (excluding diaryl/α,β-unsaturated/α-hetero) is 1. The first kappa shape index (κ1) is 14.0. The summed E-state index contributed by atoms with van der Waals surface area (Å²) < 4.78 is 18.2. The highest BCUT2D eigenvalue weighted by molar-refractivity contribution is 8.01. The number of carbonyl (C=O) groups excluding carboxylic acids is 1. The van der Waals surface area contributed by atoms with Gasteiger partial charge >= 0.3 is 0 Å². The van der Waals surface area contributed by atoms with E-state index in [2.05, 4.69) is 0 Å². The van der Waals surface area contributed by atoms with E-state index in [-0.39, 0.29) is 16.3 Å². The zero-order valence-electron chi connectivity index (χ0n) is 10.5. The zero-order valence-corrected chi connectivity index (χ0v) is 11.4. The summed E-state index contributed by atoms with van der Waals surface area (Å²) in [4.78, 5) is 11.8. The molecule has 0 aromatic heterocycles. The Kier molecular flexibility index (Phi) is 4.57. The van der Waals surface area contributed by atoms with Crippen LogP contribution in [0.5, 0.6) is 5.75 Å². The predicted molar refractivity (Wildman–Crippen MR) is 69.5 cm³/mol. The SMILES string of the molecule is COc1ccc(C(=O)CSC(C)(C)C)cc1F. The molecule has 0 radical (unpaired) electrons. The summed E-state index contributed by atoms with van der Waals surface area (Å²) in [6.07, 6.45) is 0. The summed E-state index contributed by atoms with van der Waals surface area (Å²) in [7, 11) is 1.40. The lowest BCUT2D eigenvalue weighted by Gasteiger charge is -2.16. The van der Waals surface area contributed by atoms with E-state index in [1.807, 2.05) is 20.8 Å². The molecule has 0 spiro atoms. The van der Waals surface area contributed by atoms with Crippen molar-refractivity contribution in [2.75, 3.05) is 12.9 Å². The van der Waals surface area contributed by atoms with Crippen molar-refractivity contribution in [2.24, 2.45) is 0 Å². The monoisotopic (exact) mass is 256 g/mol. The molecule has 0 aliphatic heterocycles. The molecule has 1 aromatic carbocycles. The first-order valence-corrected chi connectivity index (χ1v) is 6.33. The number of halogens is 1. The van der Waals surface area contributed by atoms with Crippen LogP contribution < -0.4 is 4.74 Å². The molecule has 4 heteroatoms. The van der Waals surface area contributed by atoms with Gasteiger partial charge in [0.15, 0.2) is 17.3 Å². The number of ether oxygens (including phenoxy) is 1. The average molecular weight is 256 g/mol. The van der Waals surface area contributed by atoms with E-state index in [1.165, 1.54) is 19.2 Å². The molecule has 0 N–H and O–H groups in total. The molecule has 1 rings (SSSR count). The van der Waals surface area contributed by atoms with Gasteiger partial charge in [0.05, 0.1) is 12.9 Å². The second kappa shape index (κ2) is 5.54. The van der Waals surface area contributed by atoms with E-state index < -0.39 is 5.82 Å². The number of hydrogen-bond acceptors (Lipinski definition) is 3. The lowest BCUT2D eigenvalue weighted by atomic mass is 10.1.